The van der Waals surface area contributed by atoms with Gasteiger partial charge >= 0.3 is 5.97 Å². The molecule has 0 aliphatic carbocycles. The van der Waals surface area contributed by atoms with Gasteiger partial charge in [-0.25, -0.2) is 13.1 Å². The minimum atomic E-state index is -3.93. The third kappa shape index (κ3) is 4.09. The first-order valence-corrected chi connectivity index (χ1v) is 9.55. The van der Waals surface area contributed by atoms with Gasteiger partial charge in [0.1, 0.15) is 0 Å². The van der Waals surface area contributed by atoms with Crippen molar-refractivity contribution in [1.29, 1.82) is 0 Å². The number of carboxylic acid groups (broad SMARTS) is 1. The van der Waals surface area contributed by atoms with Crippen LogP contribution in [0.15, 0.2) is 53.4 Å². The van der Waals surface area contributed by atoms with Crippen LogP contribution in [0.5, 0.6) is 0 Å². The van der Waals surface area contributed by atoms with Crippen LogP contribution in [0.2, 0.25) is 0 Å². The molecule has 1 aliphatic rings. The third-order valence-corrected chi connectivity index (χ3v) is 5.63. The molecule has 0 unspecified atom stereocenters. The maximum Gasteiger partial charge on any atom is 0.305 e. The topological polar surface area (TPSA) is 113 Å². The summed E-state index contributed by atoms with van der Waals surface area (Å²) < 4.78 is 28.0. The smallest absolute Gasteiger partial charge is 0.305 e. The highest BCUT2D eigenvalue weighted by Crippen LogP contribution is 2.27. The fraction of sp³-hybridized carbons (Fsp3) is 0.222. The van der Waals surface area contributed by atoms with Crippen molar-refractivity contribution in [2.75, 3.05) is 5.32 Å². The van der Waals surface area contributed by atoms with E-state index in [2.05, 4.69) is 10.0 Å². The molecule has 136 valence electrons. The molecule has 7 nitrogen and oxygen atoms in total. The number of sulfonamides is 1. The molecule has 1 aliphatic heterocycles. The number of aryl methyl sites for hydroxylation is 1. The van der Waals surface area contributed by atoms with Crippen molar-refractivity contribution in [3.63, 3.8) is 0 Å². The van der Waals surface area contributed by atoms with E-state index in [1.807, 2.05) is 0 Å². The molecule has 26 heavy (non-hydrogen) atoms. The molecular formula is C18H18N2O5S. The van der Waals surface area contributed by atoms with E-state index in [0.717, 1.165) is 5.56 Å². The number of aliphatic carboxylic acids is 1. The number of amides is 1. The molecule has 8 heteroatoms. The van der Waals surface area contributed by atoms with Gasteiger partial charge in [0.05, 0.1) is 17.4 Å². The fourth-order valence-electron chi connectivity index (χ4n) is 2.87. The zero-order chi connectivity index (χ0) is 18.7. The second-order valence-corrected chi connectivity index (χ2v) is 7.76. The first-order chi connectivity index (χ1) is 12.3. The minimum absolute atomic E-state index is 0.0405. The normalized spacial score (nSPS) is 15.0. The Kier molecular flexibility index (Phi) is 5.06. The number of fused-ring (bicyclic) bond motifs is 1. The Balaban J connectivity index is 1.89. The highest BCUT2D eigenvalue weighted by Gasteiger charge is 2.25. The van der Waals surface area contributed by atoms with E-state index in [-0.39, 0.29) is 17.2 Å². The Hall–Kier alpha value is -2.71. The molecular weight excluding hydrogens is 356 g/mol. The highest BCUT2D eigenvalue weighted by molar-refractivity contribution is 7.89. The van der Waals surface area contributed by atoms with Gasteiger partial charge in [0.15, 0.2) is 0 Å². The standard InChI is InChI=1S/C18H18N2O5S/c21-17-9-6-13-10-14(7-8-15(13)19-17)26(24,25)20-16(11-18(22)23)12-4-2-1-3-5-12/h1-5,7-8,10,16,20H,6,9,11H2,(H,19,21)(H,22,23)/t16-/m1/s1. The SMILES string of the molecule is O=C(O)C[C@@H](NS(=O)(=O)c1ccc2c(c1)CCC(=O)N2)c1ccccc1. The highest BCUT2D eigenvalue weighted by atomic mass is 32.2. The van der Waals surface area contributed by atoms with E-state index in [0.29, 0.717) is 24.1 Å². The molecule has 2 aromatic rings. The van der Waals surface area contributed by atoms with Gasteiger partial charge in [-0.3, -0.25) is 9.59 Å². The second kappa shape index (κ2) is 7.27. The van der Waals surface area contributed by atoms with Gasteiger partial charge in [0, 0.05) is 12.1 Å². The predicted octanol–water partition coefficient (Wildman–Crippen LogP) is 2.07. The molecule has 0 aromatic heterocycles. The summed E-state index contributed by atoms with van der Waals surface area (Å²) >= 11 is 0. The van der Waals surface area contributed by atoms with Crippen molar-refractivity contribution in [2.45, 2.75) is 30.2 Å². The molecule has 3 N–H and O–H groups in total. The number of nitrogens with one attached hydrogen (secondary N) is 2. The lowest BCUT2D eigenvalue weighted by atomic mass is 10.0. The number of hydrogen-bond acceptors (Lipinski definition) is 4. The van der Waals surface area contributed by atoms with E-state index < -0.39 is 22.0 Å². The quantitative estimate of drug-likeness (QED) is 0.716. The fourth-order valence-corrected chi connectivity index (χ4v) is 4.14. The van der Waals surface area contributed by atoms with Gasteiger partial charge in [0.25, 0.3) is 0 Å². The lowest BCUT2D eigenvalue weighted by molar-refractivity contribution is -0.137. The molecule has 2 aromatic carbocycles. The first kappa shape index (κ1) is 18.1. The van der Waals surface area contributed by atoms with Crippen LogP contribution in [-0.2, 0) is 26.0 Å². The van der Waals surface area contributed by atoms with Gasteiger partial charge in [-0.05, 0) is 35.7 Å². The van der Waals surface area contributed by atoms with Crippen molar-refractivity contribution >= 4 is 27.6 Å². The number of carboxylic acids is 1. The maximum atomic E-state index is 12.8. The number of rotatable bonds is 6. The van der Waals surface area contributed by atoms with Crippen LogP contribution >= 0.6 is 0 Å². The second-order valence-electron chi connectivity index (χ2n) is 6.05. The van der Waals surface area contributed by atoms with E-state index in [4.69, 9.17) is 5.11 Å². The summed E-state index contributed by atoms with van der Waals surface area (Å²) in [7, 11) is -3.93. The summed E-state index contributed by atoms with van der Waals surface area (Å²) in [6.45, 7) is 0. The van der Waals surface area contributed by atoms with Crippen LogP contribution in [0.1, 0.15) is 30.0 Å². The van der Waals surface area contributed by atoms with E-state index in [1.54, 1.807) is 36.4 Å². The molecule has 1 amide bonds. The summed E-state index contributed by atoms with van der Waals surface area (Å²) in [6, 6.07) is 12.2. The molecule has 0 radical (unpaired) electrons. The van der Waals surface area contributed by atoms with Crippen LogP contribution in [0, 0.1) is 0 Å². The Morgan fingerprint density at radius 2 is 1.88 bits per heavy atom. The van der Waals surface area contributed by atoms with Gasteiger partial charge in [-0.15, -0.1) is 0 Å². The third-order valence-electron chi connectivity index (χ3n) is 4.16. The van der Waals surface area contributed by atoms with Gasteiger partial charge in [-0.1, -0.05) is 30.3 Å². The van der Waals surface area contributed by atoms with Crippen molar-refractivity contribution in [1.82, 2.24) is 4.72 Å². The maximum absolute atomic E-state index is 12.8. The zero-order valence-corrected chi connectivity index (χ0v) is 14.6. The summed E-state index contributed by atoms with van der Waals surface area (Å²) in [5.74, 6) is -1.20. The minimum Gasteiger partial charge on any atom is -0.481 e. The van der Waals surface area contributed by atoms with Crippen LogP contribution < -0.4 is 10.0 Å². The lowest BCUT2D eigenvalue weighted by Gasteiger charge is -2.20. The number of hydrogen-bond donors (Lipinski definition) is 3. The summed E-state index contributed by atoms with van der Waals surface area (Å²) in [4.78, 5) is 22.6. The summed E-state index contributed by atoms with van der Waals surface area (Å²) in [5.41, 5.74) is 1.91. The van der Waals surface area contributed by atoms with Crippen LogP contribution in [0.3, 0.4) is 0 Å². The summed E-state index contributed by atoms with van der Waals surface area (Å²) in [5, 5.41) is 11.8. The van der Waals surface area contributed by atoms with E-state index in [1.165, 1.54) is 12.1 Å². The van der Waals surface area contributed by atoms with Crippen molar-refractivity contribution in [3.05, 3.63) is 59.7 Å². The van der Waals surface area contributed by atoms with Gasteiger partial charge in [0.2, 0.25) is 15.9 Å². The van der Waals surface area contributed by atoms with Gasteiger partial charge < -0.3 is 10.4 Å². The van der Waals surface area contributed by atoms with Crippen molar-refractivity contribution in [3.8, 4) is 0 Å². The lowest BCUT2D eigenvalue weighted by Crippen LogP contribution is -2.30. The Bertz CT molecular complexity index is 941. The Labute approximate surface area is 151 Å². The summed E-state index contributed by atoms with van der Waals surface area (Å²) in [6.07, 6.45) is 0.390. The molecule has 0 saturated heterocycles. The van der Waals surface area contributed by atoms with Crippen LogP contribution in [0.4, 0.5) is 5.69 Å². The molecule has 0 bridgehead atoms. The molecule has 3 rings (SSSR count). The number of carbonyl (C=O) groups excluding carboxylic acids is 1. The molecule has 1 heterocycles. The molecule has 1 atom stereocenters. The molecule has 0 spiro atoms. The van der Waals surface area contributed by atoms with Crippen LogP contribution in [0.25, 0.3) is 0 Å². The number of carbonyl (C=O) groups is 2. The van der Waals surface area contributed by atoms with Crippen LogP contribution in [-0.4, -0.2) is 25.4 Å². The van der Waals surface area contributed by atoms with Gasteiger partial charge in [-0.2, -0.15) is 0 Å². The predicted molar refractivity (Wildman–Crippen MR) is 95.2 cm³/mol. The van der Waals surface area contributed by atoms with E-state index >= 15 is 0 Å². The molecule has 0 fully saturated rings. The Morgan fingerprint density at radius 1 is 1.15 bits per heavy atom. The van der Waals surface area contributed by atoms with E-state index in [9.17, 15) is 18.0 Å². The largest absolute Gasteiger partial charge is 0.481 e. The van der Waals surface area contributed by atoms with Crippen molar-refractivity contribution in [2.24, 2.45) is 0 Å². The average molecular weight is 374 g/mol. The average Bonchev–Trinajstić information content (AvgIpc) is 2.61. The molecule has 0 saturated carbocycles. The van der Waals surface area contributed by atoms with Crippen molar-refractivity contribution < 1.29 is 23.1 Å². The Morgan fingerprint density at radius 3 is 2.58 bits per heavy atom. The number of anilines is 1. The zero-order valence-electron chi connectivity index (χ0n) is 13.8. The number of benzene rings is 2. The first-order valence-electron chi connectivity index (χ1n) is 8.07. The monoisotopic (exact) mass is 374 g/mol.